The van der Waals surface area contributed by atoms with E-state index in [0.29, 0.717) is 12.1 Å². The number of carbonyl (C=O) groups is 4. The molecule has 0 amide bonds. The minimum absolute atomic E-state index is 0.0951. The van der Waals surface area contributed by atoms with Gasteiger partial charge in [0.2, 0.25) is 0 Å². The number of hydrogen-bond donors (Lipinski definition) is 1. The minimum atomic E-state index is -5.08. The van der Waals surface area contributed by atoms with E-state index in [1.807, 2.05) is 0 Å². The van der Waals surface area contributed by atoms with Crippen LogP contribution in [0.2, 0.25) is 0 Å². The van der Waals surface area contributed by atoms with Gasteiger partial charge in [-0.2, -0.15) is 26.3 Å². The van der Waals surface area contributed by atoms with Gasteiger partial charge in [0.05, 0.1) is 27.8 Å². The molecule has 0 aliphatic carbocycles. The summed E-state index contributed by atoms with van der Waals surface area (Å²) >= 11 is 0. The van der Waals surface area contributed by atoms with Crippen LogP contribution in [0.5, 0.6) is 23.0 Å². The lowest BCUT2D eigenvalue weighted by Crippen LogP contribution is -2.17. The summed E-state index contributed by atoms with van der Waals surface area (Å²) in [6.07, 6.45) is -10.1. The maximum atomic E-state index is 13.5. The van der Waals surface area contributed by atoms with E-state index in [-0.39, 0.29) is 11.5 Å². The molecule has 0 saturated carbocycles. The number of aromatic carboxylic acids is 1. The first-order chi connectivity index (χ1) is 18.1. The number of carbonyl (C=O) groups excluding carboxylic acids is 3. The third kappa shape index (κ3) is 5.39. The number of carboxylic acids is 1. The van der Waals surface area contributed by atoms with E-state index < -0.39 is 80.9 Å². The molecule has 1 aliphatic heterocycles. The number of rotatable bonds is 6. The van der Waals surface area contributed by atoms with Gasteiger partial charge >= 0.3 is 30.3 Å². The van der Waals surface area contributed by atoms with Crippen molar-refractivity contribution in [1.82, 2.24) is 0 Å². The zero-order valence-electron chi connectivity index (χ0n) is 19.2. The lowest BCUT2D eigenvalue weighted by molar-refractivity contribution is -0.138. The largest absolute Gasteiger partial charge is 0.478 e. The highest BCUT2D eigenvalue weighted by atomic mass is 19.4. The molecule has 0 radical (unpaired) electrons. The lowest BCUT2D eigenvalue weighted by Gasteiger charge is -2.16. The average molecular weight is 554 g/mol. The van der Waals surface area contributed by atoms with Crippen molar-refractivity contribution in [2.45, 2.75) is 19.3 Å². The van der Waals surface area contributed by atoms with Crippen LogP contribution in [0.25, 0.3) is 0 Å². The SMILES string of the molecule is CC(=O)c1c(C(=O)O)cc(Oc2ccc(Oc3cc4c(c(C(F)(F)F)c3)C(=O)OC4=O)cc2)cc1C(F)(F)F. The number of benzene rings is 3. The van der Waals surface area contributed by atoms with Gasteiger partial charge in [0.15, 0.2) is 5.78 Å². The summed E-state index contributed by atoms with van der Waals surface area (Å²) in [6, 6.07) is 7.18. The molecule has 1 heterocycles. The number of Topliss-reactive ketones (excluding diaryl/α,β-unsaturated/α-hetero) is 1. The molecule has 0 spiro atoms. The van der Waals surface area contributed by atoms with Crippen molar-refractivity contribution in [2.75, 3.05) is 0 Å². The Bertz CT molecular complexity index is 1540. The van der Waals surface area contributed by atoms with Crippen molar-refractivity contribution < 1.29 is 64.8 Å². The highest BCUT2D eigenvalue weighted by Crippen LogP contribution is 2.41. The molecule has 0 aromatic heterocycles. The van der Waals surface area contributed by atoms with Gasteiger partial charge in [-0.1, -0.05) is 0 Å². The van der Waals surface area contributed by atoms with Gasteiger partial charge in [-0.25, -0.2) is 14.4 Å². The molecule has 1 aliphatic rings. The molecule has 0 fully saturated rings. The fraction of sp³-hybridized carbons (Fsp3) is 0.120. The van der Waals surface area contributed by atoms with Crippen LogP contribution in [0.3, 0.4) is 0 Å². The van der Waals surface area contributed by atoms with E-state index in [9.17, 15) is 50.6 Å². The Hall–Kier alpha value is -4.88. The molecular weight excluding hydrogens is 542 g/mol. The van der Waals surface area contributed by atoms with Crippen molar-refractivity contribution in [2.24, 2.45) is 0 Å². The fourth-order valence-corrected chi connectivity index (χ4v) is 3.76. The van der Waals surface area contributed by atoms with E-state index in [2.05, 4.69) is 4.74 Å². The summed E-state index contributed by atoms with van der Waals surface area (Å²) in [5.41, 5.74) is -6.52. The molecule has 0 atom stereocenters. The number of fused-ring (bicyclic) bond motifs is 1. The molecule has 0 bridgehead atoms. The van der Waals surface area contributed by atoms with Crippen LogP contribution < -0.4 is 9.47 Å². The van der Waals surface area contributed by atoms with Crippen LogP contribution in [0.1, 0.15) is 59.5 Å². The van der Waals surface area contributed by atoms with E-state index in [0.717, 1.165) is 43.3 Å². The first-order valence-corrected chi connectivity index (χ1v) is 10.5. The zero-order valence-corrected chi connectivity index (χ0v) is 19.2. The van der Waals surface area contributed by atoms with Gasteiger partial charge in [0.25, 0.3) is 0 Å². The number of ketones is 1. The van der Waals surface area contributed by atoms with Crippen molar-refractivity contribution >= 4 is 23.7 Å². The molecular formula is C25H12F6O8. The van der Waals surface area contributed by atoms with Gasteiger partial charge < -0.3 is 19.3 Å². The summed E-state index contributed by atoms with van der Waals surface area (Å²) in [5, 5.41) is 9.32. The van der Waals surface area contributed by atoms with E-state index in [1.54, 1.807) is 0 Å². The molecule has 202 valence electrons. The lowest BCUT2D eigenvalue weighted by atomic mass is 9.97. The van der Waals surface area contributed by atoms with Crippen LogP contribution in [-0.4, -0.2) is 28.8 Å². The van der Waals surface area contributed by atoms with Gasteiger partial charge in [-0.05, 0) is 55.5 Å². The van der Waals surface area contributed by atoms with Crippen molar-refractivity contribution in [3.63, 3.8) is 0 Å². The molecule has 14 heteroatoms. The van der Waals surface area contributed by atoms with E-state index in [1.165, 1.54) is 0 Å². The second-order valence-corrected chi connectivity index (χ2v) is 8.00. The molecule has 39 heavy (non-hydrogen) atoms. The number of hydrogen-bond acceptors (Lipinski definition) is 7. The molecule has 0 saturated heterocycles. The normalized spacial score (nSPS) is 13.1. The maximum Gasteiger partial charge on any atom is 0.417 e. The summed E-state index contributed by atoms with van der Waals surface area (Å²) in [7, 11) is 0. The van der Waals surface area contributed by atoms with Crippen LogP contribution >= 0.6 is 0 Å². The van der Waals surface area contributed by atoms with Crippen molar-refractivity contribution in [1.29, 1.82) is 0 Å². The van der Waals surface area contributed by atoms with Gasteiger partial charge in [-0.3, -0.25) is 4.79 Å². The Morgan fingerprint density at radius 3 is 1.69 bits per heavy atom. The number of alkyl halides is 6. The summed E-state index contributed by atoms with van der Waals surface area (Å²) in [6.45, 7) is 0.787. The standard InChI is InChI=1S/C25H12F6O8/c1-10(32)19-15(21(33)34)6-13(8-17(19)24(26,27)28)37-11-2-4-12(5-3-11)38-14-7-16-20(23(36)39-22(16)35)18(9-14)25(29,30)31/h2-9H,1H3,(H,33,34). The van der Waals surface area contributed by atoms with Gasteiger partial charge in [-0.15, -0.1) is 0 Å². The number of carboxylic acid groups (broad SMARTS) is 1. The minimum Gasteiger partial charge on any atom is -0.478 e. The van der Waals surface area contributed by atoms with Crippen molar-refractivity contribution in [3.8, 4) is 23.0 Å². The summed E-state index contributed by atoms with van der Waals surface area (Å²) in [5.74, 6) is -6.90. The Balaban J connectivity index is 1.64. The fourth-order valence-electron chi connectivity index (χ4n) is 3.76. The first-order valence-electron chi connectivity index (χ1n) is 10.5. The van der Waals surface area contributed by atoms with Gasteiger partial charge in [0, 0.05) is 5.56 Å². The highest BCUT2D eigenvalue weighted by molar-refractivity contribution is 6.15. The highest BCUT2D eigenvalue weighted by Gasteiger charge is 2.43. The number of esters is 2. The Labute approximate surface area is 213 Å². The van der Waals surface area contributed by atoms with Crippen molar-refractivity contribution in [3.05, 3.63) is 81.9 Å². The second kappa shape index (κ2) is 9.45. The summed E-state index contributed by atoms with van der Waals surface area (Å²) in [4.78, 5) is 46.7. The molecule has 3 aromatic rings. The third-order valence-corrected chi connectivity index (χ3v) is 5.32. The number of ether oxygens (including phenoxy) is 3. The molecule has 8 nitrogen and oxygen atoms in total. The topological polar surface area (TPSA) is 116 Å². The number of cyclic esters (lactones) is 2. The maximum absolute atomic E-state index is 13.5. The first kappa shape index (κ1) is 27.2. The molecule has 1 N–H and O–H groups in total. The smallest absolute Gasteiger partial charge is 0.417 e. The molecule has 4 rings (SSSR count). The van der Waals surface area contributed by atoms with Crippen LogP contribution in [0.4, 0.5) is 26.3 Å². The van der Waals surface area contributed by atoms with Crippen LogP contribution in [0.15, 0.2) is 48.5 Å². The Kier molecular flexibility index (Phi) is 6.58. The van der Waals surface area contributed by atoms with E-state index >= 15 is 0 Å². The molecule has 0 unspecified atom stereocenters. The summed E-state index contributed by atoms with van der Waals surface area (Å²) < 4.78 is 95.8. The number of halogens is 6. The Morgan fingerprint density at radius 2 is 1.23 bits per heavy atom. The Morgan fingerprint density at radius 1 is 0.744 bits per heavy atom. The quantitative estimate of drug-likeness (QED) is 0.159. The predicted octanol–water partition coefficient (Wildman–Crippen LogP) is 6.52. The van der Waals surface area contributed by atoms with Crippen LogP contribution in [-0.2, 0) is 17.1 Å². The average Bonchev–Trinajstić information content (AvgIpc) is 3.11. The molecule has 3 aromatic carbocycles. The predicted molar refractivity (Wildman–Crippen MR) is 116 cm³/mol. The third-order valence-electron chi connectivity index (χ3n) is 5.32. The monoisotopic (exact) mass is 554 g/mol. The van der Waals surface area contributed by atoms with E-state index in [4.69, 9.17) is 9.47 Å². The second-order valence-electron chi connectivity index (χ2n) is 8.00. The van der Waals surface area contributed by atoms with Gasteiger partial charge in [0.1, 0.15) is 23.0 Å². The zero-order chi connectivity index (χ0) is 28.9. The van der Waals surface area contributed by atoms with Crippen LogP contribution in [0, 0.1) is 0 Å².